The molecule has 4 aliphatic rings. The third-order valence-electron chi connectivity index (χ3n) is 17.9. The normalized spacial score (nSPS) is 33.3. The molecule has 0 aromatic carbocycles. The first-order chi connectivity index (χ1) is 43.6. The minimum absolute atomic E-state index is 0.217. The van der Waals surface area contributed by atoms with Crippen molar-refractivity contribution in [3.05, 3.63) is 24.3 Å². The molecule has 0 aliphatic carbocycles. The van der Waals surface area contributed by atoms with Gasteiger partial charge in [-0.25, -0.2) is 0 Å². The van der Waals surface area contributed by atoms with Gasteiger partial charge >= 0.3 is 0 Å². The molecule has 0 saturated carbocycles. The Hall–Kier alpha value is -1.93. The molecule has 0 radical (unpaired) electrons. The van der Waals surface area contributed by atoms with Crippen molar-refractivity contribution in [1.29, 1.82) is 0 Å². The number of amides is 1. The molecule has 528 valence electrons. The van der Waals surface area contributed by atoms with E-state index < -0.39 is 168 Å². The lowest BCUT2D eigenvalue weighted by Gasteiger charge is -2.49. The fraction of sp³-hybridized carbons (Fsp3) is 0.924. The van der Waals surface area contributed by atoms with E-state index >= 15 is 0 Å². The molecule has 8 unspecified atom stereocenters. The molecule has 4 rings (SSSR count). The molecule has 90 heavy (non-hydrogen) atoms. The molecule has 0 aromatic rings. The number of aliphatic hydroxyl groups is 14. The summed E-state index contributed by atoms with van der Waals surface area (Å²) in [6.07, 6.45) is 7.51. The van der Waals surface area contributed by atoms with E-state index in [0.29, 0.717) is 12.8 Å². The molecule has 0 aromatic heterocycles. The lowest BCUT2D eigenvalue weighted by Crippen LogP contribution is -2.67. The fourth-order valence-electron chi connectivity index (χ4n) is 12.1. The average molecular weight is 1300 g/mol. The molecule has 1 amide bonds. The summed E-state index contributed by atoms with van der Waals surface area (Å²) in [4.78, 5) is 13.4. The molecule has 22 atom stereocenters. The Balaban J connectivity index is 1.27. The van der Waals surface area contributed by atoms with E-state index in [1.807, 2.05) is 6.08 Å². The van der Waals surface area contributed by atoms with Gasteiger partial charge in [0.05, 0.1) is 45.2 Å². The minimum Gasteiger partial charge on any atom is -0.394 e. The number of hydrogen-bond acceptors (Lipinski definition) is 23. The van der Waals surface area contributed by atoms with Crippen LogP contribution in [0.3, 0.4) is 0 Å². The Morgan fingerprint density at radius 2 is 0.733 bits per heavy atom. The molecule has 24 nitrogen and oxygen atoms in total. The summed E-state index contributed by atoms with van der Waals surface area (Å²) >= 11 is 0. The second-order valence-electron chi connectivity index (χ2n) is 25.3. The molecule has 4 aliphatic heterocycles. The van der Waals surface area contributed by atoms with E-state index in [-0.39, 0.29) is 12.3 Å². The first-order valence-electron chi connectivity index (χ1n) is 34.6. The maximum absolute atomic E-state index is 13.4. The molecule has 4 saturated heterocycles. The van der Waals surface area contributed by atoms with Gasteiger partial charge in [-0.2, -0.15) is 0 Å². The highest BCUT2D eigenvalue weighted by molar-refractivity contribution is 5.76. The highest BCUT2D eigenvalue weighted by Gasteiger charge is 2.55. The van der Waals surface area contributed by atoms with Gasteiger partial charge < -0.3 is 115 Å². The summed E-state index contributed by atoms with van der Waals surface area (Å²) in [5.41, 5.74) is 0. The molecule has 24 heteroatoms. The van der Waals surface area contributed by atoms with Crippen molar-refractivity contribution in [3.63, 3.8) is 0 Å². The lowest BCUT2D eigenvalue weighted by atomic mass is 9.95. The molecule has 4 heterocycles. The van der Waals surface area contributed by atoms with Gasteiger partial charge in [-0.3, -0.25) is 4.79 Å². The number of carbonyl (C=O) groups excluding carboxylic acids is 1. The van der Waals surface area contributed by atoms with Crippen LogP contribution in [0.4, 0.5) is 0 Å². The Bertz CT molecular complexity index is 1860. The van der Waals surface area contributed by atoms with Gasteiger partial charge in [0, 0.05) is 6.42 Å². The van der Waals surface area contributed by atoms with Crippen LogP contribution in [-0.2, 0) is 42.7 Å². The van der Waals surface area contributed by atoms with E-state index in [1.165, 1.54) is 141 Å². The second kappa shape index (κ2) is 47.1. The zero-order valence-electron chi connectivity index (χ0n) is 54.1. The van der Waals surface area contributed by atoms with Gasteiger partial charge in [-0.15, -0.1) is 0 Å². The molecule has 0 spiro atoms. The molecule has 15 N–H and O–H groups in total. The number of carbonyl (C=O) groups is 1. The first-order valence-corrected chi connectivity index (χ1v) is 34.6. The molecular weight excluding hydrogens is 1170 g/mol. The van der Waals surface area contributed by atoms with Crippen molar-refractivity contribution >= 4 is 5.91 Å². The number of aliphatic hydroxyl groups excluding tert-OH is 14. The summed E-state index contributed by atoms with van der Waals surface area (Å²) in [5, 5.41) is 154. The van der Waals surface area contributed by atoms with Crippen LogP contribution in [0.1, 0.15) is 219 Å². The van der Waals surface area contributed by atoms with Crippen molar-refractivity contribution in [1.82, 2.24) is 5.32 Å². The van der Waals surface area contributed by atoms with Crippen LogP contribution in [0.15, 0.2) is 24.3 Å². The fourth-order valence-corrected chi connectivity index (χ4v) is 12.1. The van der Waals surface area contributed by atoms with Crippen molar-refractivity contribution in [3.8, 4) is 0 Å². The number of unbranched alkanes of at least 4 members (excludes halogenated alkanes) is 28. The van der Waals surface area contributed by atoms with Crippen LogP contribution in [0.25, 0.3) is 0 Å². The third-order valence-corrected chi connectivity index (χ3v) is 17.9. The van der Waals surface area contributed by atoms with Crippen LogP contribution in [-0.4, -0.2) is 245 Å². The standard InChI is InChI=1S/C66H121NO23/c1-3-5-7-9-11-13-15-17-18-19-20-21-22-23-24-26-28-30-32-34-36-38-50(73)67-44(45(72)37-35-33-31-29-27-25-16-14-12-10-8-6-4-2)43-83-63-57(80)54(77)60(48(41-70)86-63)88-65-58(81)55(78)61(49(42-71)87-65)89-66-59(82)62(52(75)47(40-69)85-66)90-64-56(79)53(76)51(74)46(39-68)84-64/h17-18,35,37,44-49,51-66,68-72,74-82H,3-16,19-34,36,38-43H2,1-2H3,(H,67,73)/b18-17-,37-35+/t44-,45+,46?,47?,48?,49?,51-,52-,53-,54+,55+,56?,57?,58?,59?,60+,61-,62-,63+,64-,65-,66-/m0/s1. The summed E-state index contributed by atoms with van der Waals surface area (Å²) in [6.45, 7) is 0.556. The van der Waals surface area contributed by atoms with Crippen LogP contribution in [0.2, 0.25) is 0 Å². The van der Waals surface area contributed by atoms with Gasteiger partial charge in [0.25, 0.3) is 0 Å². The molecule has 4 fully saturated rings. The van der Waals surface area contributed by atoms with E-state index in [9.17, 15) is 76.3 Å². The van der Waals surface area contributed by atoms with Crippen LogP contribution >= 0.6 is 0 Å². The number of hydrogen-bond donors (Lipinski definition) is 15. The monoisotopic (exact) mass is 1300 g/mol. The molecule has 0 bridgehead atoms. The Labute approximate surface area is 535 Å². The quantitative estimate of drug-likeness (QED) is 0.0304. The average Bonchev–Trinajstić information content (AvgIpc) is 2.83. The topological polar surface area (TPSA) is 386 Å². The first kappa shape index (κ1) is 80.5. The van der Waals surface area contributed by atoms with Crippen molar-refractivity contribution in [2.24, 2.45) is 0 Å². The number of rotatable bonds is 49. The van der Waals surface area contributed by atoms with Gasteiger partial charge in [-0.05, 0) is 44.9 Å². The van der Waals surface area contributed by atoms with E-state index in [1.54, 1.807) is 6.08 Å². The maximum Gasteiger partial charge on any atom is 0.220 e. The summed E-state index contributed by atoms with van der Waals surface area (Å²) in [7, 11) is 0. The number of ether oxygens (including phenoxy) is 8. The predicted octanol–water partition coefficient (Wildman–Crippen LogP) is 3.76. The van der Waals surface area contributed by atoms with Crippen molar-refractivity contribution < 1.29 is 114 Å². The third kappa shape index (κ3) is 28.0. The summed E-state index contributed by atoms with van der Waals surface area (Å²) in [5.74, 6) is -0.302. The Kier molecular flexibility index (Phi) is 42.1. The number of nitrogens with one attached hydrogen (secondary N) is 1. The zero-order valence-corrected chi connectivity index (χ0v) is 54.1. The van der Waals surface area contributed by atoms with Gasteiger partial charge in [0.1, 0.15) is 97.7 Å². The highest BCUT2D eigenvalue weighted by Crippen LogP contribution is 2.35. The minimum atomic E-state index is -2.09. The Morgan fingerprint density at radius 3 is 1.18 bits per heavy atom. The van der Waals surface area contributed by atoms with Gasteiger partial charge in [-0.1, -0.05) is 192 Å². The summed E-state index contributed by atoms with van der Waals surface area (Å²) in [6, 6.07) is -1.01. The van der Waals surface area contributed by atoms with Crippen LogP contribution < -0.4 is 5.32 Å². The van der Waals surface area contributed by atoms with Crippen LogP contribution in [0, 0.1) is 0 Å². The maximum atomic E-state index is 13.4. The van der Waals surface area contributed by atoms with Crippen molar-refractivity contribution in [2.75, 3.05) is 33.0 Å². The smallest absolute Gasteiger partial charge is 0.220 e. The van der Waals surface area contributed by atoms with Crippen molar-refractivity contribution in [2.45, 2.75) is 354 Å². The van der Waals surface area contributed by atoms with Crippen LogP contribution in [0.5, 0.6) is 0 Å². The zero-order chi connectivity index (χ0) is 65.6. The molecular formula is C66H121NO23. The lowest BCUT2D eigenvalue weighted by molar-refractivity contribution is -0.389. The highest BCUT2D eigenvalue weighted by atomic mass is 16.8. The van der Waals surface area contributed by atoms with E-state index in [4.69, 9.17) is 37.9 Å². The SMILES string of the molecule is CCCCCCCC/C=C\CCCCCCCCCCCCCC(=O)N[C@@H](CO[C@@H]1OC(CO)[C@@H](O[C@@H]2OC(CO)[C@H](O[C@@H]3OC(CO)[C@H](O)[C@H](O[C@@H]4OC(CO)[C@H](O)[C@H](O)C4O)C3O)[C@H](O)C2O)[C@H](O)C1O)[C@H](O)/C=C/CCCCCCCCCCCCC. The number of allylic oxidation sites excluding steroid dienone is 3. The van der Waals surface area contributed by atoms with Gasteiger partial charge in [0.15, 0.2) is 25.2 Å². The van der Waals surface area contributed by atoms with E-state index in [2.05, 4.69) is 31.3 Å². The Morgan fingerprint density at radius 1 is 0.389 bits per heavy atom. The largest absolute Gasteiger partial charge is 0.394 e. The van der Waals surface area contributed by atoms with Gasteiger partial charge in [0.2, 0.25) is 5.91 Å². The second-order valence-corrected chi connectivity index (χ2v) is 25.3. The summed E-state index contributed by atoms with van der Waals surface area (Å²) < 4.78 is 45.8. The van der Waals surface area contributed by atoms with E-state index in [0.717, 1.165) is 44.9 Å². The predicted molar refractivity (Wildman–Crippen MR) is 333 cm³/mol.